The molecule has 4 nitrogen and oxygen atoms in total. The van der Waals surface area contributed by atoms with Crippen molar-refractivity contribution in [3.8, 4) is 11.5 Å². The quantitative estimate of drug-likeness (QED) is 0.665. The van der Waals surface area contributed by atoms with Crippen LogP contribution in [0.2, 0.25) is 0 Å². The van der Waals surface area contributed by atoms with Gasteiger partial charge in [-0.25, -0.2) is 0 Å². The monoisotopic (exact) mass is 377 g/mol. The number of nitrogens with zero attached hydrogens (tertiary/aromatic N) is 1. The van der Waals surface area contributed by atoms with Crippen molar-refractivity contribution in [2.75, 3.05) is 12.0 Å². The summed E-state index contributed by atoms with van der Waals surface area (Å²) in [4.78, 5) is 15.2. The smallest absolute Gasteiger partial charge is 0.259 e. The van der Waals surface area contributed by atoms with Gasteiger partial charge in [-0.05, 0) is 61.8 Å². The fourth-order valence-electron chi connectivity index (χ4n) is 4.68. The molecule has 3 aliphatic rings. The second kappa shape index (κ2) is 7.16. The highest BCUT2D eigenvalue weighted by Crippen LogP contribution is 2.47. The van der Waals surface area contributed by atoms with Gasteiger partial charge in [0.25, 0.3) is 5.91 Å². The molecule has 2 aromatic carbocycles. The molecule has 1 atom stereocenters. The van der Waals surface area contributed by atoms with Crippen molar-refractivity contribution in [2.45, 2.75) is 57.1 Å². The summed E-state index contributed by atoms with van der Waals surface area (Å²) in [5.41, 5.74) is 2.90. The van der Waals surface area contributed by atoms with Crippen LogP contribution in [0.4, 0.5) is 5.69 Å². The summed E-state index contributed by atoms with van der Waals surface area (Å²) in [5.74, 6) is 2.32. The standard InChI is InChI=1S/C24H27NO3/c1-27-22-13-12-17(15-23(22)28-18-6-2-3-7-18)25-21(14-16-10-11-16)19-8-4-5-9-20(19)24(25)26/h4-5,8-9,12-13,15-16,18,21H,2-3,6-7,10-11,14H2,1H3. The normalized spacial score (nSPS) is 21.8. The van der Waals surface area contributed by atoms with E-state index in [1.54, 1.807) is 7.11 Å². The third-order valence-electron chi connectivity index (χ3n) is 6.36. The highest BCUT2D eigenvalue weighted by atomic mass is 16.5. The van der Waals surface area contributed by atoms with Gasteiger partial charge in [0.05, 0.1) is 19.3 Å². The second-order valence-electron chi connectivity index (χ2n) is 8.32. The van der Waals surface area contributed by atoms with Crippen LogP contribution in [0, 0.1) is 5.92 Å². The lowest BCUT2D eigenvalue weighted by atomic mass is 10.00. The van der Waals surface area contributed by atoms with Crippen molar-refractivity contribution in [3.63, 3.8) is 0 Å². The summed E-state index contributed by atoms with van der Waals surface area (Å²) in [7, 11) is 1.67. The predicted molar refractivity (Wildman–Crippen MR) is 109 cm³/mol. The highest BCUT2D eigenvalue weighted by molar-refractivity contribution is 6.11. The minimum Gasteiger partial charge on any atom is -0.493 e. The molecule has 1 amide bonds. The number of amides is 1. The Balaban J connectivity index is 1.50. The number of hydrogen-bond acceptors (Lipinski definition) is 3. The van der Waals surface area contributed by atoms with E-state index in [4.69, 9.17) is 9.47 Å². The summed E-state index contributed by atoms with van der Waals surface area (Å²) in [6, 6.07) is 14.1. The number of methoxy groups -OCH3 is 1. The van der Waals surface area contributed by atoms with E-state index >= 15 is 0 Å². The summed E-state index contributed by atoms with van der Waals surface area (Å²) < 4.78 is 11.8. The summed E-state index contributed by atoms with van der Waals surface area (Å²) in [6.07, 6.45) is 8.45. The van der Waals surface area contributed by atoms with Crippen LogP contribution >= 0.6 is 0 Å². The van der Waals surface area contributed by atoms with Gasteiger partial charge in [-0.15, -0.1) is 0 Å². The van der Waals surface area contributed by atoms with Crippen LogP contribution in [0.3, 0.4) is 0 Å². The van der Waals surface area contributed by atoms with Gasteiger partial charge in [0, 0.05) is 17.3 Å². The minimum atomic E-state index is 0.0956. The van der Waals surface area contributed by atoms with Crippen LogP contribution in [-0.4, -0.2) is 19.1 Å². The number of hydrogen-bond donors (Lipinski definition) is 0. The van der Waals surface area contributed by atoms with E-state index in [2.05, 4.69) is 6.07 Å². The molecule has 1 aliphatic heterocycles. The molecule has 0 N–H and O–H groups in total. The van der Waals surface area contributed by atoms with Crippen molar-refractivity contribution >= 4 is 11.6 Å². The molecule has 146 valence electrons. The van der Waals surface area contributed by atoms with E-state index in [0.29, 0.717) is 0 Å². The van der Waals surface area contributed by atoms with Gasteiger partial charge in [-0.3, -0.25) is 4.79 Å². The number of carbonyl (C=O) groups is 1. The number of carbonyl (C=O) groups excluding carboxylic acids is 1. The Morgan fingerprint density at radius 3 is 2.54 bits per heavy atom. The summed E-state index contributed by atoms with van der Waals surface area (Å²) in [5, 5.41) is 0. The van der Waals surface area contributed by atoms with Gasteiger partial charge >= 0.3 is 0 Å². The third-order valence-corrected chi connectivity index (χ3v) is 6.36. The first kappa shape index (κ1) is 17.6. The minimum absolute atomic E-state index is 0.0956. The molecule has 0 bridgehead atoms. The number of ether oxygens (including phenoxy) is 2. The maximum Gasteiger partial charge on any atom is 0.259 e. The SMILES string of the molecule is COc1ccc(N2C(=O)c3ccccc3C2CC2CC2)cc1OC1CCCC1. The molecule has 0 spiro atoms. The largest absolute Gasteiger partial charge is 0.493 e. The number of rotatable bonds is 6. The van der Waals surface area contributed by atoms with E-state index in [0.717, 1.165) is 53.5 Å². The summed E-state index contributed by atoms with van der Waals surface area (Å²) in [6.45, 7) is 0. The van der Waals surface area contributed by atoms with E-state index < -0.39 is 0 Å². The Labute approximate surface area is 166 Å². The Morgan fingerprint density at radius 1 is 1.00 bits per heavy atom. The van der Waals surface area contributed by atoms with Gasteiger partial charge in [-0.2, -0.15) is 0 Å². The van der Waals surface area contributed by atoms with E-state index in [1.807, 2.05) is 41.3 Å². The van der Waals surface area contributed by atoms with Gasteiger partial charge in [0.1, 0.15) is 0 Å². The molecule has 4 heteroatoms. The second-order valence-corrected chi connectivity index (χ2v) is 8.32. The van der Waals surface area contributed by atoms with Gasteiger partial charge in [0.15, 0.2) is 11.5 Å². The zero-order chi connectivity index (χ0) is 19.1. The highest BCUT2D eigenvalue weighted by Gasteiger charge is 2.40. The van der Waals surface area contributed by atoms with Crippen LogP contribution in [0.1, 0.15) is 66.9 Å². The van der Waals surface area contributed by atoms with Crippen molar-refractivity contribution in [1.29, 1.82) is 0 Å². The van der Waals surface area contributed by atoms with Crippen molar-refractivity contribution < 1.29 is 14.3 Å². The molecule has 0 saturated heterocycles. The number of benzene rings is 2. The molecule has 1 unspecified atom stereocenters. The van der Waals surface area contributed by atoms with Gasteiger partial charge in [-0.1, -0.05) is 31.0 Å². The van der Waals surface area contributed by atoms with Crippen molar-refractivity contribution in [1.82, 2.24) is 0 Å². The molecule has 0 radical (unpaired) electrons. The van der Waals surface area contributed by atoms with Crippen LogP contribution < -0.4 is 14.4 Å². The van der Waals surface area contributed by atoms with E-state index in [-0.39, 0.29) is 18.1 Å². The number of fused-ring (bicyclic) bond motifs is 1. The molecule has 28 heavy (non-hydrogen) atoms. The maximum atomic E-state index is 13.3. The maximum absolute atomic E-state index is 13.3. The predicted octanol–water partition coefficient (Wildman–Crippen LogP) is 5.52. The van der Waals surface area contributed by atoms with Crippen molar-refractivity contribution in [2.24, 2.45) is 5.92 Å². The Kier molecular flexibility index (Phi) is 4.50. The Morgan fingerprint density at radius 2 is 1.79 bits per heavy atom. The molecule has 2 aliphatic carbocycles. The fourth-order valence-corrected chi connectivity index (χ4v) is 4.68. The van der Waals surface area contributed by atoms with E-state index in [9.17, 15) is 4.79 Å². The first-order chi connectivity index (χ1) is 13.7. The molecule has 2 aromatic rings. The van der Waals surface area contributed by atoms with Crippen LogP contribution in [0.15, 0.2) is 42.5 Å². The molecular weight excluding hydrogens is 350 g/mol. The van der Waals surface area contributed by atoms with Crippen LogP contribution in [0.25, 0.3) is 0 Å². The van der Waals surface area contributed by atoms with Gasteiger partial charge < -0.3 is 14.4 Å². The molecule has 0 aromatic heterocycles. The molecule has 1 heterocycles. The Hall–Kier alpha value is -2.49. The molecule has 2 fully saturated rings. The first-order valence-corrected chi connectivity index (χ1v) is 10.5. The van der Waals surface area contributed by atoms with Crippen molar-refractivity contribution in [3.05, 3.63) is 53.6 Å². The molecule has 2 saturated carbocycles. The van der Waals surface area contributed by atoms with Crippen LogP contribution in [-0.2, 0) is 0 Å². The lowest BCUT2D eigenvalue weighted by Gasteiger charge is -2.27. The topological polar surface area (TPSA) is 38.8 Å². The molecular formula is C24H27NO3. The van der Waals surface area contributed by atoms with Crippen LogP contribution in [0.5, 0.6) is 11.5 Å². The van der Waals surface area contributed by atoms with E-state index in [1.165, 1.54) is 25.7 Å². The summed E-state index contributed by atoms with van der Waals surface area (Å²) >= 11 is 0. The molecule has 5 rings (SSSR count). The lowest BCUT2D eigenvalue weighted by Crippen LogP contribution is -2.28. The van der Waals surface area contributed by atoms with Gasteiger partial charge in [0.2, 0.25) is 0 Å². The number of anilines is 1. The Bertz CT molecular complexity index is 883. The lowest BCUT2D eigenvalue weighted by molar-refractivity contribution is 0.0990. The fraction of sp³-hybridized carbons (Fsp3) is 0.458. The average Bonchev–Trinajstić information content (AvgIpc) is 3.31. The zero-order valence-corrected chi connectivity index (χ0v) is 16.4. The average molecular weight is 377 g/mol. The first-order valence-electron chi connectivity index (χ1n) is 10.5. The zero-order valence-electron chi connectivity index (χ0n) is 16.4. The third kappa shape index (κ3) is 3.15.